The first-order valence-corrected chi connectivity index (χ1v) is 15.8. The summed E-state index contributed by atoms with van der Waals surface area (Å²) in [5.41, 5.74) is 31.3. The Bertz CT molecular complexity index is 1360. The average Bonchev–Trinajstić information content (AvgIpc) is 3.01. The van der Waals surface area contributed by atoms with E-state index in [-0.39, 0.29) is 43.9 Å². The van der Waals surface area contributed by atoms with Crippen LogP contribution in [0.3, 0.4) is 0 Å². The zero-order chi connectivity index (χ0) is 35.1. The van der Waals surface area contributed by atoms with Crippen LogP contribution < -0.4 is 39.3 Å². The second-order valence-electron chi connectivity index (χ2n) is 11.8. The normalized spacial score (nSPS) is 13.5. The summed E-state index contributed by atoms with van der Waals surface area (Å²) in [5.74, 6) is -2.37. The molecule has 0 spiro atoms. The maximum absolute atomic E-state index is 13.9. The molecule has 4 atom stereocenters. The number of nitrogens with zero attached hydrogens (tertiary/aromatic N) is 2. The summed E-state index contributed by atoms with van der Waals surface area (Å²) in [4.78, 5) is 58.7. The van der Waals surface area contributed by atoms with E-state index in [9.17, 15) is 24.3 Å². The lowest BCUT2D eigenvalue weighted by atomic mass is 9.95. The molecule has 14 heteroatoms. The van der Waals surface area contributed by atoms with E-state index < -0.39 is 47.8 Å². The largest absolute Gasteiger partial charge is 0.508 e. The Morgan fingerprint density at radius 2 is 1.49 bits per heavy atom. The van der Waals surface area contributed by atoms with Crippen molar-refractivity contribution in [2.75, 3.05) is 20.1 Å². The van der Waals surface area contributed by atoms with Crippen LogP contribution in [0.15, 0.2) is 47.5 Å². The van der Waals surface area contributed by atoms with Gasteiger partial charge in [0.15, 0.2) is 5.96 Å². The number of primary amides is 1. The Labute approximate surface area is 276 Å². The van der Waals surface area contributed by atoms with E-state index >= 15 is 0 Å². The lowest BCUT2D eigenvalue weighted by molar-refractivity contribution is -0.141. The molecule has 0 saturated carbocycles. The number of aryl methyl sites for hydroxylation is 2. The van der Waals surface area contributed by atoms with E-state index in [4.69, 9.17) is 28.7 Å². The first kappa shape index (κ1) is 38.5. The van der Waals surface area contributed by atoms with Gasteiger partial charge in [-0.1, -0.05) is 30.3 Å². The number of hydrogen-bond acceptors (Lipinski definition) is 8. The van der Waals surface area contributed by atoms with E-state index in [1.807, 2.05) is 30.3 Å². The summed E-state index contributed by atoms with van der Waals surface area (Å²) < 4.78 is 0. The molecule has 0 radical (unpaired) electrons. The number of hydrogen-bond donors (Lipinski definition) is 8. The number of phenolic OH excluding ortho intramolecular Hbond substituents is 1. The summed E-state index contributed by atoms with van der Waals surface area (Å²) in [7, 11) is 1.48. The number of aromatic hydroxyl groups is 1. The lowest BCUT2D eigenvalue weighted by Gasteiger charge is -2.31. The van der Waals surface area contributed by atoms with Crippen LogP contribution in [-0.2, 0) is 32.0 Å². The van der Waals surface area contributed by atoms with Crippen LogP contribution >= 0.6 is 0 Å². The summed E-state index contributed by atoms with van der Waals surface area (Å²) in [6.07, 6.45) is 2.32. The predicted octanol–water partition coefficient (Wildman–Crippen LogP) is -0.414. The molecular formula is C33H51N9O5. The van der Waals surface area contributed by atoms with Crippen molar-refractivity contribution >= 4 is 29.6 Å². The van der Waals surface area contributed by atoms with Crippen LogP contribution in [0.2, 0.25) is 0 Å². The third kappa shape index (κ3) is 12.6. The highest BCUT2D eigenvalue weighted by Crippen LogP contribution is 2.22. The van der Waals surface area contributed by atoms with Gasteiger partial charge in [-0.3, -0.25) is 24.2 Å². The molecule has 2 rings (SSSR count). The number of benzene rings is 2. The molecule has 258 valence electrons. The zero-order valence-corrected chi connectivity index (χ0v) is 27.6. The Morgan fingerprint density at radius 3 is 2.06 bits per heavy atom. The summed E-state index contributed by atoms with van der Waals surface area (Å²) in [6, 6.07) is 8.22. The molecule has 0 aliphatic carbocycles. The highest BCUT2D eigenvalue weighted by Gasteiger charge is 2.33. The van der Waals surface area contributed by atoms with E-state index in [1.54, 1.807) is 26.0 Å². The van der Waals surface area contributed by atoms with Gasteiger partial charge in [-0.2, -0.15) is 0 Å². The Morgan fingerprint density at radius 1 is 0.872 bits per heavy atom. The number of aliphatic imine (C=N–C) groups is 1. The minimum Gasteiger partial charge on any atom is -0.508 e. The fourth-order valence-corrected chi connectivity index (χ4v) is 5.32. The topological polar surface area (TPSA) is 258 Å². The summed E-state index contributed by atoms with van der Waals surface area (Å²) in [6.45, 7) is 4.26. The van der Waals surface area contributed by atoms with Gasteiger partial charge >= 0.3 is 0 Å². The smallest absolute Gasteiger partial charge is 0.245 e. The summed E-state index contributed by atoms with van der Waals surface area (Å²) in [5, 5.41) is 15.6. The molecule has 2 aromatic carbocycles. The van der Waals surface area contributed by atoms with Gasteiger partial charge in [-0.15, -0.1) is 0 Å². The third-order valence-corrected chi connectivity index (χ3v) is 8.00. The number of rotatable bonds is 19. The number of guanidine groups is 1. The minimum atomic E-state index is -1.13. The molecule has 0 heterocycles. The van der Waals surface area contributed by atoms with Crippen molar-refractivity contribution in [2.45, 2.75) is 83.0 Å². The number of nitrogens with one attached hydrogen (secondary N) is 2. The quantitative estimate of drug-likeness (QED) is 0.0556. The van der Waals surface area contributed by atoms with Gasteiger partial charge in [0, 0.05) is 26.4 Å². The Balaban J connectivity index is 2.35. The molecule has 0 aliphatic heterocycles. The molecule has 0 aliphatic rings. The molecule has 0 saturated heterocycles. The van der Waals surface area contributed by atoms with Crippen LogP contribution in [0.4, 0.5) is 0 Å². The first-order valence-electron chi connectivity index (χ1n) is 15.8. The Kier molecular flexibility index (Phi) is 15.6. The van der Waals surface area contributed by atoms with Crippen molar-refractivity contribution < 1.29 is 24.3 Å². The highest BCUT2D eigenvalue weighted by atomic mass is 16.3. The number of nitrogens with two attached hydrogens (primary N) is 5. The third-order valence-electron chi connectivity index (χ3n) is 8.00. The van der Waals surface area contributed by atoms with Gasteiger partial charge in [0.1, 0.15) is 23.9 Å². The standard InChI is InChI=1S/C33H51N9O5/c1-20-16-23(43)17-21(2)24(20)19-27(41-30(45)25(35)12-9-15-39-33(37)38)31(46)40-26(13-7-8-14-34)32(47)42(3)28(29(36)44)18-22-10-5-4-6-11-22/h4-6,10-11,16-17,25-28,43H,7-9,12-15,18-19,34-35H2,1-3H3,(H2,36,44)(H,40,46)(H,41,45)(H4,37,38,39)/t25-,26+,27+,28+/m1/s1. The van der Waals surface area contributed by atoms with Crippen LogP contribution in [0.5, 0.6) is 5.75 Å². The predicted molar refractivity (Wildman–Crippen MR) is 182 cm³/mol. The molecule has 47 heavy (non-hydrogen) atoms. The number of unbranched alkanes of at least 4 members (excludes halogenated alkanes) is 1. The van der Waals surface area contributed by atoms with Gasteiger partial charge in [-0.05, 0) is 86.9 Å². The fourth-order valence-electron chi connectivity index (χ4n) is 5.32. The van der Waals surface area contributed by atoms with Gasteiger partial charge in [0.05, 0.1) is 6.04 Å². The maximum Gasteiger partial charge on any atom is 0.245 e. The van der Waals surface area contributed by atoms with Gasteiger partial charge in [-0.25, -0.2) is 0 Å². The SMILES string of the molecule is Cc1cc(O)cc(C)c1C[C@H](NC(=O)[C@H](N)CCCN=C(N)N)C(=O)N[C@@H](CCCCN)C(=O)N(C)[C@@H](Cc1ccccc1)C(N)=O. The number of likely N-dealkylation sites (N-methyl/N-ethyl adjacent to an activating group) is 1. The van der Waals surface area contributed by atoms with Crippen molar-refractivity contribution in [3.05, 3.63) is 64.7 Å². The maximum atomic E-state index is 13.9. The van der Waals surface area contributed by atoms with E-state index in [1.165, 1.54) is 11.9 Å². The van der Waals surface area contributed by atoms with Crippen LogP contribution in [0.1, 0.15) is 54.4 Å². The number of phenols is 1. The second-order valence-corrected chi connectivity index (χ2v) is 11.8. The molecular weight excluding hydrogens is 602 g/mol. The van der Waals surface area contributed by atoms with Crippen LogP contribution in [-0.4, -0.2) is 83.9 Å². The molecule has 4 amide bonds. The molecule has 2 aromatic rings. The van der Waals surface area contributed by atoms with Crippen molar-refractivity contribution in [3.63, 3.8) is 0 Å². The van der Waals surface area contributed by atoms with Gasteiger partial charge < -0.3 is 49.3 Å². The van der Waals surface area contributed by atoms with Gasteiger partial charge in [0.2, 0.25) is 23.6 Å². The number of carbonyl (C=O) groups excluding carboxylic acids is 4. The monoisotopic (exact) mass is 653 g/mol. The molecule has 0 unspecified atom stereocenters. The van der Waals surface area contributed by atoms with Crippen LogP contribution in [0, 0.1) is 13.8 Å². The number of carbonyl (C=O) groups is 4. The van der Waals surface area contributed by atoms with Crippen molar-refractivity contribution in [1.82, 2.24) is 15.5 Å². The highest BCUT2D eigenvalue weighted by molar-refractivity contribution is 5.94. The van der Waals surface area contributed by atoms with Crippen molar-refractivity contribution in [2.24, 2.45) is 33.7 Å². The minimum absolute atomic E-state index is 0.0632. The fraction of sp³-hybridized carbons (Fsp3) is 0.485. The molecule has 14 nitrogen and oxygen atoms in total. The second kappa shape index (κ2) is 19.1. The molecule has 0 aromatic heterocycles. The average molecular weight is 654 g/mol. The van der Waals surface area contributed by atoms with E-state index in [0.29, 0.717) is 25.8 Å². The van der Waals surface area contributed by atoms with Crippen molar-refractivity contribution in [3.8, 4) is 5.75 Å². The Hall–Kier alpha value is -4.69. The lowest BCUT2D eigenvalue weighted by Crippen LogP contribution is -2.58. The molecule has 13 N–H and O–H groups in total. The summed E-state index contributed by atoms with van der Waals surface area (Å²) >= 11 is 0. The molecule has 0 bridgehead atoms. The molecule has 0 fully saturated rings. The van der Waals surface area contributed by atoms with E-state index in [0.717, 1.165) is 22.3 Å². The van der Waals surface area contributed by atoms with Crippen molar-refractivity contribution in [1.29, 1.82) is 0 Å². The zero-order valence-electron chi connectivity index (χ0n) is 27.6. The van der Waals surface area contributed by atoms with Crippen LogP contribution in [0.25, 0.3) is 0 Å². The number of amides is 4. The van der Waals surface area contributed by atoms with E-state index in [2.05, 4.69) is 15.6 Å². The van der Waals surface area contributed by atoms with Gasteiger partial charge in [0.25, 0.3) is 0 Å². The first-order chi connectivity index (χ1) is 22.2.